The Morgan fingerprint density at radius 1 is 0.478 bits per heavy atom. The molecule has 0 aliphatic carbocycles. The Bertz CT molecular complexity index is 2500. The number of para-hydroxylation sites is 2. The first kappa shape index (κ1) is 26.3. The Labute approximate surface area is 266 Å². The van der Waals surface area contributed by atoms with Crippen LogP contribution in [0.15, 0.2) is 146 Å². The van der Waals surface area contributed by atoms with Crippen molar-refractivity contribution in [2.45, 2.75) is 13.3 Å². The molecule has 0 saturated heterocycles. The number of benzene rings is 6. The molecule has 0 atom stereocenters. The molecule has 9 aromatic rings. The first-order valence-corrected chi connectivity index (χ1v) is 15.7. The van der Waals surface area contributed by atoms with Crippen LogP contribution in [-0.2, 0) is 6.42 Å². The van der Waals surface area contributed by atoms with Crippen LogP contribution in [0.2, 0.25) is 0 Å². The van der Waals surface area contributed by atoms with E-state index in [1.165, 1.54) is 21.9 Å². The lowest BCUT2D eigenvalue weighted by molar-refractivity contribution is 0.955. The third-order valence-corrected chi connectivity index (χ3v) is 8.93. The second kappa shape index (κ2) is 10.5. The molecule has 0 spiro atoms. The number of rotatable bonds is 5. The summed E-state index contributed by atoms with van der Waals surface area (Å²) < 4.78 is 4.64. The van der Waals surface area contributed by atoms with Crippen molar-refractivity contribution in [1.29, 1.82) is 0 Å². The third-order valence-electron chi connectivity index (χ3n) is 8.93. The van der Waals surface area contributed by atoms with Crippen molar-refractivity contribution in [3.8, 4) is 34.4 Å². The van der Waals surface area contributed by atoms with E-state index in [4.69, 9.17) is 15.0 Å². The van der Waals surface area contributed by atoms with Gasteiger partial charge in [0.2, 0.25) is 5.95 Å². The minimum atomic E-state index is 0.594. The second-order valence-electron chi connectivity index (χ2n) is 11.6. The van der Waals surface area contributed by atoms with Crippen LogP contribution in [0.25, 0.3) is 78.0 Å². The van der Waals surface area contributed by atoms with Gasteiger partial charge in [0.05, 0.1) is 22.1 Å². The normalized spacial score (nSPS) is 11.7. The van der Waals surface area contributed by atoms with Crippen molar-refractivity contribution < 1.29 is 0 Å². The Kier molecular flexibility index (Phi) is 6.03. The summed E-state index contributed by atoms with van der Waals surface area (Å²) in [5.41, 5.74) is 8.82. The molecular formula is C41H29N5. The lowest BCUT2D eigenvalue weighted by Gasteiger charge is -2.12. The molecule has 0 saturated carbocycles. The van der Waals surface area contributed by atoms with Gasteiger partial charge in [-0.3, -0.25) is 4.57 Å². The molecule has 5 heteroatoms. The summed E-state index contributed by atoms with van der Waals surface area (Å²) >= 11 is 0. The molecule has 0 radical (unpaired) electrons. The number of aryl methyl sites for hydroxylation is 1. The molecule has 3 heterocycles. The van der Waals surface area contributed by atoms with E-state index < -0.39 is 0 Å². The second-order valence-corrected chi connectivity index (χ2v) is 11.6. The van der Waals surface area contributed by atoms with E-state index in [1.54, 1.807) is 0 Å². The molecule has 3 aromatic heterocycles. The highest BCUT2D eigenvalue weighted by molar-refractivity contribution is 6.26. The standard InChI is InChI=1S/C41H29N5/c1-2-27-14-13-19-30(26-27)45-35-23-12-10-21-33(35)37-36(45)25-24-32-31-20-9-11-22-34(31)46(38(32)37)41-43-39(28-15-5-3-6-16-28)42-40(44-41)29-17-7-4-8-18-29/h3-26H,2H2,1H3. The highest BCUT2D eigenvalue weighted by Crippen LogP contribution is 2.41. The molecule has 0 aliphatic heterocycles. The number of aromatic nitrogens is 5. The van der Waals surface area contributed by atoms with Gasteiger partial charge in [0.25, 0.3) is 0 Å². The quantitative estimate of drug-likeness (QED) is 0.200. The maximum absolute atomic E-state index is 5.18. The first-order valence-electron chi connectivity index (χ1n) is 15.7. The van der Waals surface area contributed by atoms with Crippen LogP contribution in [0.4, 0.5) is 0 Å². The minimum Gasteiger partial charge on any atom is -0.309 e. The monoisotopic (exact) mass is 591 g/mol. The van der Waals surface area contributed by atoms with Gasteiger partial charge in [0, 0.05) is 38.4 Å². The molecule has 0 unspecified atom stereocenters. The van der Waals surface area contributed by atoms with E-state index in [0.29, 0.717) is 17.6 Å². The van der Waals surface area contributed by atoms with Crippen LogP contribution in [0.5, 0.6) is 0 Å². The van der Waals surface area contributed by atoms with Gasteiger partial charge in [0.1, 0.15) is 0 Å². The molecule has 5 nitrogen and oxygen atoms in total. The van der Waals surface area contributed by atoms with Gasteiger partial charge in [-0.15, -0.1) is 0 Å². The molecule has 9 rings (SSSR count). The van der Waals surface area contributed by atoms with Crippen molar-refractivity contribution in [3.05, 3.63) is 151 Å². The molecule has 0 aliphatic rings. The summed E-state index contributed by atoms with van der Waals surface area (Å²) in [5, 5.41) is 4.69. The summed E-state index contributed by atoms with van der Waals surface area (Å²) in [5.74, 6) is 1.87. The Hall–Kier alpha value is -6.07. The van der Waals surface area contributed by atoms with Crippen molar-refractivity contribution in [1.82, 2.24) is 24.1 Å². The molecule has 6 aromatic carbocycles. The SMILES string of the molecule is CCc1cccc(-n2c3ccccc3c3c2ccc2c4ccccc4n(-c4nc(-c5ccccc5)nc(-c5ccccc5)n4)c23)c1. The zero-order valence-electron chi connectivity index (χ0n) is 25.3. The predicted molar refractivity (Wildman–Crippen MR) is 189 cm³/mol. The highest BCUT2D eigenvalue weighted by Gasteiger charge is 2.23. The molecule has 0 amide bonds. The number of nitrogens with zero attached hydrogens (tertiary/aromatic N) is 5. The van der Waals surface area contributed by atoms with Crippen LogP contribution in [0.3, 0.4) is 0 Å². The van der Waals surface area contributed by atoms with Gasteiger partial charge in [-0.05, 0) is 42.3 Å². The molecular weight excluding hydrogens is 562 g/mol. The van der Waals surface area contributed by atoms with E-state index in [0.717, 1.165) is 50.6 Å². The van der Waals surface area contributed by atoms with Crippen LogP contribution in [0, 0.1) is 0 Å². The number of fused-ring (bicyclic) bond motifs is 7. The van der Waals surface area contributed by atoms with Crippen molar-refractivity contribution in [3.63, 3.8) is 0 Å². The van der Waals surface area contributed by atoms with Crippen molar-refractivity contribution in [2.24, 2.45) is 0 Å². The fourth-order valence-corrected chi connectivity index (χ4v) is 6.81. The predicted octanol–water partition coefficient (Wildman–Crippen LogP) is 9.96. The van der Waals surface area contributed by atoms with Gasteiger partial charge >= 0.3 is 0 Å². The van der Waals surface area contributed by atoms with Crippen LogP contribution < -0.4 is 0 Å². The molecule has 218 valence electrons. The summed E-state index contributed by atoms with van der Waals surface area (Å²) in [6.45, 7) is 2.20. The third kappa shape index (κ3) is 4.06. The molecule has 0 N–H and O–H groups in total. The summed E-state index contributed by atoms with van der Waals surface area (Å²) in [4.78, 5) is 15.3. The van der Waals surface area contributed by atoms with E-state index in [1.807, 2.05) is 36.4 Å². The van der Waals surface area contributed by atoms with E-state index in [2.05, 4.69) is 125 Å². The highest BCUT2D eigenvalue weighted by atomic mass is 15.2. The lowest BCUT2D eigenvalue weighted by atomic mass is 10.1. The molecule has 46 heavy (non-hydrogen) atoms. The summed E-state index contributed by atoms with van der Waals surface area (Å²) in [7, 11) is 0. The van der Waals surface area contributed by atoms with Crippen molar-refractivity contribution >= 4 is 43.6 Å². The van der Waals surface area contributed by atoms with Crippen LogP contribution in [0.1, 0.15) is 12.5 Å². The molecule has 0 fully saturated rings. The lowest BCUT2D eigenvalue weighted by Crippen LogP contribution is -2.06. The van der Waals surface area contributed by atoms with Gasteiger partial charge < -0.3 is 4.57 Å². The average molecular weight is 592 g/mol. The van der Waals surface area contributed by atoms with Crippen molar-refractivity contribution in [2.75, 3.05) is 0 Å². The van der Waals surface area contributed by atoms with Gasteiger partial charge in [0.15, 0.2) is 11.6 Å². The first-order chi connectivity index (χ1) is 22.8. The van der Waals surface area contributed by atoms with Gasteiger partial charge in [-0.2, -0.15) is 9.97 Å². The zero-order valence-corrected chi connectivity index (χ0v) is 25.3. The van der Waals surface area contributed by atoms with E-state index in [9.17, 15) is 0 Å². The Morgan fingerprint density at radius 2 is 1.09 bits per heavy atom. The van der Waals surface area contributed by atoms with E-state index >= 15 is 0 Å². The van der Waals surface area contributed by atoms with Gasteiger partial charge in [-0.1, -0.05) is 122 Å². The largest absolute Gasteiger partial charge is 0.309 e. The number of hydrogen-bond acceptors (Lipinski definition) is 3. The fraction of sp³-hybridized carbons (Fsp3) is 0.0488. The maximum atomic E-state index is 5.18. The fourth-order valence-electron chi connectivity index (χ4n) is 6.81. The number of hydrogen-bond donors (Lipinski definition) is 0. The Morgan fingerprint density at radius 3 is 1.76 bits per heavy atom. The average Bonchev–Trinajstić information content (AvgIpc) is 3.65. The van der Waals surface area contributed by atoms with E-state index in [-0.39, 0.29) is 0 Å². The van der Waals surface area contributed by atoms with Crippen LogP contribution in [-0.4, -0.2) is 24.1 Å². The maximum Gasteiger partial charge on any atom is 0.238 e. The zero-order chi connectivity index (χ0) is 30.6. The Balaban J connectivity index is 1.44. The van der Waals surface area contributed by atoms with Crippen LogP contribution >= 0.6 is 0 Å². The summed E-state index contributed by atoms with van der Waals surface area (Å²) in [6.07, 6.45) is 0.982. The smallest absolute Gasteiger partial charge is 0.238 e. The van der Waals surface area contributed by atoms with Gasteiger partial charge in [-0.25, -0.2) is 4.98 Å². The summed E-state index contributed by atoms with van der Waals surface area (Å²) in [6, 6.07) is 51.0. The minimum absolute atomic E-state index is 0.594. The molecule has 0 bridgehead atoms. The topological polar surface area (TPSA) is 48.5 Å².